The van der Waals surface area contributed by atoms with E-state index in [1.165, 1.54) is 0 Å². The van der Waals surface area contributed by atoms with Gasteiger partial charge in [0.2, 0.25) is 5.91 Å². The average molecular weight is 340 g/mol. The molecule has 0 aromatic carbocycles. The highest BCUT2D eigenvalue weighted by atomic mass is 16.1. The highest BCUT2D eigenvalue weighted by Crippen LogP contribution is 2.14. The first-order chi connectivity index (χ1) is 12.0. The van der Waals surface area contributed by atoms with Gasteiger partial charge in [0.05, 0.1) is 6.42 Å². The number of aryl methyl sites for hydroxylation is 4. The first-order valence-electron chi connectivity index (χ1n) is 8.37. The van der Waals surface area contributed by atoms with Gasteiger partial charge in [-0.05, 0) is 33.3 Å². The number of fused-ring (bicyclic) bond motifs is 2. The van der Waals surface area contributed by atoms with Gasteiger partial charge in [0.15, 0.2) is 5.82 Å². The van der Waals surface area contributed by atoms with Crippen molar-refractivity contribution in [2.24, 2.45) is 0 Å². The number of aromatic nitrogens is 7. The molecule has 1 unspecified atom stereocenters. The van der Waals surface area contributed by atoms with Crippen LogP contribution in [0.4, 0.5) is 0 Å². The molecule has 0 saturated heterocycles. The number of nitrogens with zero attached hydrogens (tertiary/aromatic N) is 7. The first-order valence-corrected chi connectivity index (χ1v) is 8.37. The molecule has 1 N–H and O–H groups in total. The fourth-order valence-electron chi connectivity index (χ4n) is 3.28. The summed E-state index contributed by atoms with van der Waals surface area (Å²) in [5.41, 5.74) is 1.83. The van der Waals surface area contributed by atoms with E-state index in [2.05, 4.69) is 35.1 Å². The molecule has 1 aliphatic rings. The van der Waals surface area contributed by atoms with Crippen LogP contribution < -0.4 is 5.32 Å². The number of carbonyl (C=O) groups excluding carboxylic acids is 1. The lowest BCUT2D eigenvalue weighted by atomic mass is 10.1. The van der Waals surface area contributed by atoms with Gasteiger partial charge < -0.3 is 9.88 Å². The molecule has 0 aliphatic carbocycles. The van der Waals surface area contributed by atoms with E-state index >= 15 is 0 Å². The monoisotopic (exact) mass is 340 g/mol. The van der Waals surface area contributed by atoms with Gasteiger partial charge in [0.1, 0.15) is 11.6 Å². The van der Waals surface area contributed by atoms with Crippen molar-refractivity contribution in [3.63, 3.8) is 0 Å². The van der Waals surface area contributed by atoms with Crippen molar-refractivity contribution in [1.82, 2.24) is 39.7 Å². The Balaban J connectivity index is 1.44. The van der Waals surface area contributed by atoms with Crippen LogP contribution in [0, 0.1) is 20.8 Å². The predicted molar refractivity (Wildman–Crippen MR) is 89.0 cm³/mol. The van der Waals surface area contributed by atoms with Gasteiger partial charge in [-0.25, -0.2) is 9.50 Å². The van der Waals surface area contributed by atoms with E-state index in [0.29, 0.717) is 18.1 Å². The molecule has 1 atom stereocenters. The smallest absolute Gasteiger partial charge is 0.252 e. The van der Waals surface area contributed by atoms with Gasteiger partial charge in [-0.1, -0.05) is 0 Å². The second-order valence-electron chi connectivity index (χ2n) is 6.53. The minimum atomic E-state index is -0.0792. The standard InChI is InChI=1S/C16H20N8O/c1-9-6-10(2)24-16(17-9)19-13(22-24)7-15(25)18-12-4-5-14-21-20-11(3)23(14)8-12/h6,12H,4-5,7-8H2,1-3H3,(H,18,25). The molecule has 3 aromatic rings. The molecule has 4 rings (SSSR count). The molecule has 3 aromatic heterocycles. The maximum Gasteiger partial charge on any atom is 0.252 e. The van der Waals surface area contributed by atoms with Crippen LogP contribution in [0.3, 0.4) is 0 Å². The summed E-state index contributed by atoms with van der Waals surface area (Å²) in [4.78, 5) is 21.1. The van der Waals surface area contributed by atoms with Gasteiger partial charge in [-0.2, -0.15) is 4.98 Å². The van der Waals surface area contributed by atoms with Crippen LogP contribution in [0.5, 0.6) is 0 Å². The van der Waals surface area contributed by atoms with E-state index in [9.17, 15) is 4.79 Å². The molecule has 0 saturated carbocycles. The molecule has 0 radical (unpaired) electrons. The Morgan fingerprint density at radius 2 is 2.12 bits per heavy atom. The van der Waals surface area contributed by atoms with Crippen LogP contribution in [0.2, 0.25) is 0 Å². The summed E-state index contributed by atoms with van der Waals surface area (Å²) in [6.45, 7) is 6.50. The Bertz CT molecular complexity index is 957. The molecule has 9 nitrogen and oxygen atoms in total. The zero-order chi connectivity index (χ0) is 17.6. The zero-order valence-corrected chi connectivity index (χ0v) is 14.5. The van der Waals surface area contributed by atoms with Crippen molar-refractivity contribution in [2.75, 3.05) is 0 Å². The molecule has 9 heteroatoms. The fourth-order valence-corrected chi connectivity index (χ4v) is 3.28. The molecule has 130 valence electrons. The second kappa shape index (κ2) is 5.91. The van der Waals surface area contributed by atoms with Crippen LogP contribution in [0.25, 0.3) is 5.78 Å². The molecule has 0 fully saturated rings. The quantitative estimate of drug-likeness (QED) is 0.736. The van der Waals surface area contributed by atoms with Crippen molar-refractivity contribution >= 4 is 11.7 Å². The zero-order valence-electron chi connectivity index (χ0n) is 14.5. The molecule has 1 amide bonds. The van der Waals surface area contributed by atoms with Crippen LogP contribution in [-0.2, 0) is 24.2 Å². The van der Waals surface area contributed by atoms with Crippen LogP contribution in [-0.4, -0.2) is 46.3 Å². The van der Waals surface area contributed by atoms with Crippen molar-refractivity contribution in [2.45, 2.75) is 52.6 Å². The lowest BCUT2D eigenvalue weighted by molar-refractivity contribution is -0.121. The summed E-state index contributed by atoms with van der Waals surface area (Å²) in [5.74, 6) is 2.80. The van der Waals surface area contributed by atoms with E-state index < -0.39 is 0 Å². The summed E-state index contributed by atoms with van der Waals surface area (Å²) in [7, 11) is 0. The fraction of sp³-hybridized carbons (Fsp3) is 0.500. The van der Waals surface area contributed by atoms with E-state index in [0.717, 1.165) is 35.9 Å². The van der Waals surface area contributed by atoms with Crippen molar-refractivity contribution in [3.8, 4) is 0 Å². The number of hydrogen-bond acceptors (Lipinski definition) is 6. The second-order valence-corrected chi connectivity index (χ2v) is 6.53. The maximum atomic E-state index is 12.4. The highest BCUT2D eigenvalue weighted by Gasteiger charge is 2.23. The van der Waals surface area contributed by atoms with Gasteiger partial charge in [0, 0.05) is 30.4 Å². The summed E-state index contributed by atoms with van der Waals surface area (Å²) < 4.78 is 3.73. The molecular weight excluding hydrogens is 320 g/mol. The minimum absolute atomic E-state index is 0.0776. The largest absolute Gasteiger partial charge is 0.351 e. The summed E-state index contributed by atoms with van der Waals surface area (Å²) >= 11 is 0. The van der Waals surface area contributed by atoms with Crippen molar-refractivity contribution in [3.05, 3.63) is 34.9 Å². The normalized spacial score (nSPS) is 16.8. The summed E-state index contributed by atoms with van der Waals surface area (Å²) in [6.07, 6.45) is 1.83. The predicted octanol–water partition coefficient (Wildman–Crippen LogP) is 0.315. The third-order valence-corrected chi connectivity index (χ3v) is 4.48. The first kappa shape index (κ1) is 15.7. The molecule has 0 spiro atoms. The van der Waals surface area contributed by atoms with Crippen molar-refractivity contribution in [1.29, 1.82) is 0 Å². The van der Waals surface area contributed by atoms with E-state index in [4.69, 9.17) is 0 Å². The topological polar surface area (TPSA) is 103 Å². The molecule has 25 heavy (non-hydrogen) atoms. The Labute approximate surface area is 144 Å². The Morgan fingerprint density at radius 1 is 1.28 bits per heavy atom. The number of rotatable bonds is 3. The number of amides is 1. The lowest BCUT2D eigenvalue weighted by Gasteiger charge is -2.24. The third-order valence-electron chi connectivity index (χ3n) is 4.48. The summed E-state index contributed by atoms with van der Waals surface area (Å²) in [5, 5.41) is 15.7. The molecular formula is C16H20N8O. The van der Waals surface area contributed by atoms with E-state index in [-0.39, 0.29) is 18.4 Å². The minimum Gasteiger partial charge on any atom is -0.351 e. The van der Waals surface area contributed by atoms with Crippen LogP contribution >= 0.6 is 0 Å². The maximum absolute atomic E-state index is 12.4. The molecule has 4 heterocycles. The lowest BCUT2D eigenvalue weighted by Crippen LogP contribution is -2.42. The number of carbonyl (C=O) groups is 1. The Hall–Kier alpha value is -2.84. The van der Waals surface area contributed by atoms with Gasteiger partial charge in [-0.3, -0.25) is 4.79 Å². The third kappa shape index (κ3) is 2.97. The van der Waals surface area contributed by atoms with Crippen LogP contribution in [0.1, 0.15) is 35.3 Å². The van der Waals surface area contributed by atoms with Crippen molar-refractivity contribution < 1.29 is 4.79 Å². The average Bonchev–Trinajstić information content (AvgIpc) is 3.11. The van der Waals surface area contributed by atoms with Gasteiger partial charge >= 0.3 is 0 Å². The van der Waals surface area contributed by atoms with E-state index in [1.807, 2.05) is 26.8 Å². The summed E-state index contributed by atoms with van der Waals surface area (Å²) in [6, 6.07) is 2.01. The van der Waals surface area contributed by atoms with Gasteiger partial charge in [0.25, 0.3) is 5.78 Å². The highest BCUT2D eigenvalue weighted by molar-refractivity contribution is 5.78. The number of hydrogen-bond donors (Lipinski definition) is 1. The van der Waals surface area contributed by atoms with Gasteiger partial charge in [-0.15, -0.1) is 15.3 Å². The van der Waals surface area contributed by atoms with E-state index in [1.54, 1.807) is 4.52 Å². The SMILES string of the molecule is Cc1cc(C)n2nc(CC(=O)NC3CCc4nnc(C)n4C3)nc2n1. The van der Waals surface area contributed by atoms with Crippen LogP contribution in [0.15, 0.2) is 6.07 Å². The molecule has 1 aliphatic heterocycles. The Morgan fingerprint density at radius 3 is 2.96 bits per heavy atom. The molecule has 0 bridgehead atoms. The Kier molecular flexibility index (Phi) is 3.70. The number of nitrogens with one attached hydrogen (secondary N) is 1.